The van der Waals surface area contributed by atoms with E-state index in [1.54, 1.807) is 4.90 Å². The normalized spacial score (nSPS) is 20.8. The summed E-state index contributed by atoms with van der Waals surface area (Å²) in [5, 5.41) is 2.81. The van der Waals surface area contributed by atoms with E-state index in [9.17, 15) is 9.59 Å². The number of aryl methyl sites for hydroxylation is 1. The molecule has 2 amide bonds. The maximum absolute atomic E-state index is 12.5. The fraction of sp³-hybridized carbons (Fsp3) is 0.500. The van der Waals surface area contributed by atoms with Crippen molar-refractivity contribution in [3.05, 3.63) is 35.4 Å². The van der Waals surface area contributed by atoms with Crippen LogP contribution in [0.5, 0.6) is 0 Å². The summed E-state index contributed by atoms with van der Waals surface area (Å²) in [5.74, 6) is 0.119. The highest BCUT2D eigenvalue weighted by molar-refractivity contribution is 5.95. The summed E-state index contributed by atoms with van der Waals surface area (Å²) in [7, 11) is 0. The van der Waals surface area contributed by atoms with Crippen LogP contribution < -0.4 is 5.32 Å². The van der Waals surface area contributed by atoms with Crippen molar-refractivity contribution in [3.63, 3.8) is 0 Å². The lowest BCUT2D eigenvalue weighted by molar-refractivity contribution is -0.146. The van der Waals surface area contributed by atoms with E-state index < -0.39 is 0 Å². The third-order valence-corrected chi connectivity index (χ3v) is 3.94. The maximum Gasteiger partial charge on any atom is 0.246 e. The van der Waals surface area contributed by atoms with Crippen molar-refractivity contribution in [1.29, 1.82) is 0 Å². The Morgan fingerprint density at radius 3 is 2.55 bits per heavy atom. The first kappa shape index (κ1) is 14.6. The highest BCUT2D eigenvalue weighted by atomic mass is 16.2. The molecule has 2 atom stereocenters. The first-order chi connectivity index (χ1) is 9.51. The van der Waals surface area contributed by atoms with E-state index in [0.29, 0.717) is 6.54 Å². The second kappa shape index (κ2) is 6.07. The zero-order valence-corrected chi connectivity index (χ0v) is 12.3. The SMILES string of the molecule is CCC(C)C1NC(=O)CN(Cc2ccc(C)cc2)C1=O. The smallest absolute Gasteiger partial charge is 0.246 e. The van der Waals surface area contributed by atoms with Crippen molar-refractivity contribution in [3.8, 4) is 0 Å². The zero-order valence-electron chi connectivity index (χ0n) is 12.3. The van der Waals surface area contributed by atoms with E-state index in [0.717, 1.165) is 12.0 Å². The van der Waals surface area contributed by atoms with Crippen LogP contribution in [0.2, 0.25) is 0 Å². The maximum atomic E-state index is 12.5. The van der Waals surface area contributed by atoms with Gasteiger partial charge in [0.15, 0.2) is 0 Å². The van der Waals surface area contributed by atoms with Crippen molar-refractivity contribution in [2.24, 2.45) is 5.92 Å². The standard InChI is InChI=1S/C16H22N2O2/c1-4-12(3)15-16(20)18(10-14(19)17-15)9-13-7-5-11(2)6-8-13/h5-8,12,15H,4,9-10H2,1-3H3,(H,17,19). The van der Waals surface area contributed by atoms with E-state index in [4.69, 9.17) is 0 Å². The summed E-state index contributed by atoms with van der Waals surface area (Å²) in [6.45, 7) is 6.71. The summed E-state index contributed by atoms with van der Waals surface area (Å²) in [6.07, 6.45) is 0.870. The second-order valence-corrected chi connectivity index (χ2v) is 5.61. The molecule has 2 unspecified atom stereocenters. The highest BCUT2D eigenvalue weighted by Gasteiger charge is 2.35. The van der Waals surface area contributed by atoms with Gasteiger partial charge in [-0.3, -0.25) is 9.59 Å². The first-order valence-corrected chi connectivity index (χ1v) is 7.15. The molecule has 4 heteroatoms. The third-order valence-electron chi connectivity index (χ3n) is 3.94. The number of piperazine rings is 1. The molecule has 2 rings (SSSR count). The van der Waals surface area contributed by atoms with Crippen LogP contribution in [0.3, 0.4) is 0 Å². The van der Waals surface area contributed by atoms with Crippen LogP contribution in [0.15, 0.2) is 24.3 Å². The summed E-state index contributed by atoms with van der Waals surface area (Å²) >= 11 is 0. The molecule has 0 radical (unpaired) electrons. The minimum Gasteiger partial charge on any atom is -0.342 e. The summed E-state index contributed by atoms with van der Waals surface area (Å²) in [6, 6.07) is 7.68. The Labute approximate surface area is 120 Å². The van der Waals surface area contributed by atoms with Crippen LogP contribution in [0.4, 0.5) is 0 Å². The Morgan fingerprint density at radius 2 is 1.95 bits per heavy atom. The lowest BCUT2D eigenvalue weighted by atomic mass is 9.96. The van der Waals surface area contributed by atoms with Crippen molar-refractivity contribution in [2.45, 2.75) is 39.8 Å². The summed E-state index contributed by atoms with van der Waals surface area (Å²) in [5.41, 5.74) is 2.25. The van der Waals surface area contributed by atoms with Crippen molar-refractivity contribution in [2.75, 3.05) is 6.54 Å². The van der Waals surface area contributed by atoms with Crippen molar-refractivity contribution >= 4 is 11.8 Å². The van der Waals surface area contributed by atoms with Crippen molar-refractivity contribution < 1.29 is 9.59 Å². The van der Waals surface area contributed by atoms with Crippen LogP contribution in [-0.2, 0) is 16.1 Å². The molecule has 1 heterocycles. The lowest BCUT2D eigenvalue weighted by Gasteiger charge is -2.35. The van der Waals surface area contributed by atoms with Gasteiger partial charge in [0.2, 0.25) is 11.8 Å². The molecule has 0 aliphatic carbocycles. The van der Waals surface area contributed by atoms with Crippen LogP contribution in [0, 0.1) is 12.8 Å². The molecule has 0 saturated carbocycles. The van der Waals surface area contributed by atoms with E-state index in [-0.39, 0.29) is 30.3 Å². The van der Waals surface area contributed by atoms with Crippen LogP contribution in [0.1, 0.15) is 31.4 Å². The van der Waals surface area contributed by atoms with Gasteiger partial charge in [-0.25, -0.2) is 0 Å². The van der Waals surface area contributed by atoms with E-state index in [1.807, 2.05) is 45.0 Å². The fourth-order valence-corrected chi connectivity index (χ4v) is 2.40. The lowest BCUT2D eigenvalue weighted by Crippen LogP contribution is -2.59. The number of carbonyl (C=O) groups is 2. The van der Waals surface area contributed by atoms with E-state index >= 15 is 0 Å². The van der Waals surface area contributed by atoms with Crippen molar-refractivity contribution in [1.82, 2.24) is 10.2 Å². The van der Waals surface area contributed by atoms with Gasteiger partial charge >= 0.3 is 0 Å². The van der Waals surface area contributed by atoms with Gasteiger partial charge < -0.3 is 10.2 Å². The van der Waals surface area contributed by atoms with E-state index in [1.165, 1.54) is 5.56 Å². The van der Waals surface area contributed by atoms with E-state index in [2.05, 4.69) is 5.32 Å². The molecule has 1 aromatic rings. The molecule has 1 N–H and O–H groups in total. The second-order valence-electron chi connectivity index (χ2n) is 5.61. The van der Waals surface area contributed by atoms with Gasteiger partial charge in [0, 0.05) is 6.54 Å². The third kappa shape index (κ3) is 3.18. The number of amides is 2. The van der Waals surface area contributed by atoms with Crippen LogP contribution in [-0.4, -0.2) is 29.3 Å². The predicted octanol–water partition coefficient (Wildman–Crippen LogP) is 1.87. The number of carbonyl (C=O) groups excluding carboxylic acids is 2. The quantitative estimate of drug-likeness (QED) is 0.911. The Morgan fingerprint density at radius 1 is 1.30 bits per heavy atom. The molecule has 20 heavy (non-hydrogen) atoms. The van der Waals surface area contributed by atoms with Gasteiger partial charge in [-0.05, 0) is 18.4 Å². The van der Waals surface area contributed by atoms with Gasteiger partial charge in [0.05, 0.1) is 6.54 Å². The first-order valence-electron chi connectivity index (χ1n) is 7.15. The van der Waals surface area contributed by atoms with Crippen LogP contribution in [0.25, 0.3) is 0 Å². The minimum atomic E-state index is -0.383. The zero-order chi connectivity index (χ0) is 14.7. The Balaban J connectivity index is 2.11. The number of hydrogen-bond acceptors (Lipinski definition) is 2. The van der Waals surface area contributed by atoms with Gasteiger partial charge in [-0.1, -0.05) is 50.1 Å². The highest BCUT2D eigenvalue weighted by Crippen LogP contribution is 2.16. The van der Waals surface area contributed by atoms with Gasteiger partial charge in [0.1, 0.15) is 6.04 Å². The number of rotatable bonds is 4. The van der Waals surface area contributed by atoms with Gasteiger partial charge in [0.25, 0.3) is 0 Å². The van der Waals surface area contributed by atoms with Gasteiger partial charge in [-0.2, -0.15) is 0 Å². The molecule has 1 aromatic carbocycles. The molecule has 1 saturated heterocycles. The molecule has 1 aliphatic heterocycles. The number of nitrogens with zero attached hydrogens (tertiary/aromatic N) is 1. The number of hydrogen-bond donors (Lipinski definition) is 1. The monoisotopic (exact) mass is 274 g/mol. The molecular weight excluding hydrogens is 252 g/mol. The Kier molecular flexibility index (Phi) is 4.42. The molecule has 1 fully saturated rings. The molecule has 108 valence electrons. The topological polar surface area (TPSA) is 49.4 Å². The number of nitrogens with one attached hydrogen (secondary N) is 1. The average Bonchev–Trinajstić information content (AvgIpc) is 2.44. The molecule has 0 bridgehead atoms. The van der Waals surface area contributed by atoms with Crippen LogP contribution >= 0.6 is 0 Å². The molecule has 0 aromatic heterocycles. The fourth-order valence-electron chi connectivity index (χ4n) is 2.40. The molecule has 4 nitrogen and oxygen atoms in total. The molecule has 0 spiro atoms. The molecular formula is C16H22N2O2. The number of benzene rings is 1. The average molecular weight is 274 g/mol. The summed E-state index contributed by atoms with van der Waals surface area (Å²) in [4.78, 5) is 25.9. The Bertz CT molecular complexity index is 496. The summed E-state index contributed by atoms with van der Waals surface area (Å²) < 4.78 is 0. The largest absolute Gasteiger partial charge is 0.342 e. The minimum absolute atomic E-state index is 0.0273. The Hall–Kier alpha value is -1.84. The van der Waals surface area contributed by atoms with Gasteiger partial charge in [-0.15, -0.1) is 0 Å². The predicted molar refractivity (Wildman–Crippen MR) is 78.0 cm³/mol. The molecule has 1 aliphatic rings.